The Morgan fingerprint density at radius 2 is 1.69 bits per heavy atom. The van der Waals surface area contributed by atoms with Gasteiger partial charge in [0.05, 0.1) is 22.7 Å². The van der Waals surface area contributed by atoms with Gasteiger partial charge in [0.2, 0.25) is 15.9 Å². The van der Waals surface area contributed by atoms with E-state index in [1.54, 1.807) is 36.4 Å². The van der Waals surface area contributed by atoms with Crippen LogP contribution in [0.5, 0.6) is 0 Å². The van der Waals surface area contributed by atoms with E-state index < -0.39 is 22.5 Å². The van der Waals surface area contributed by atoms with Gasteiger partial charge >= 0.3 is 0 Å². The Hall–Kier alpha value is -3.24. The van der Waals surface area contributed by atoms with Gasteiger partial charge in [-0.05, 0) is 42.0 Å². The van der Waals surface area contributed by atoms with Crippen LogP contribution in [0.4, 0.5) is 5.69 Å². The number of halogens is 2. The van der Waals surface area contributed by atoms with E-state index in [-0.39, 0.29) is 17.3 Å². The van der Waals surface area contributed by atoms with Gasteiger partial charge in [0, 0.05) is 29.7 Å². The number of rotatable bonds is 9. The molecule has 0 radical (unpaired) electrons. The molecule has 0 aliphatic heterocycles. The number of carbonyl (C=O) groups excluding carboxylic acids is 2. The van der Waals surface area contributed by atoms with Gasteiger partial charge in [0.25, 0.3) is 5.91 Å². The van der Waals surface area contributed by atoms with Gasteiger partial charge in [-0.15, -0.1) is 0 Å². The third kappa shape index (κ3) is 7.63. The molecule has 0 aliphatic carbocycles. The highest BCUT2D eigenvalue weighted by molar-refractivity contribution is 7.89. The van der Waals surface area contributed by atoms with Crippen molar-refractivity contribution in [3.63, 3.8) is 0 Å². The summed E-state index contributed by atoms with van der Waals surface area (Å²) in [5, 5.41) is 7.27. The van der Waals surface area contributed by atoms with Crippen LogP contribution in [0.2, 0.25) is 10.0 Å². The van der Waals surface area contributed by atoms with Crippen LogP contribution >= 0.6 is 23.2 Å². The van der Waals surface area contributed by atoms with Gasteiger partial charge in [-0.1, -0.05) is 59.6 Å². The molecular weight excluding hydrogens is 511 g/mol. The maximum atomic E-state index is 13.4. The number of hydrogen-bond acceptors (Lipinski definition) is 5. The highest BCUT2D eigenvalue weighted by Crippen LogP contribution is 2.21. The van der Waals surface area contributed by atoms with Gasteiger partial charge in [-0.25, -0.2) is 13.8 Å². The zero-order valence-electron chi connectivity index (χ0n) is 18.6. The van der Waals surface area contributed by atoms with Crippen molar-refractivity contribution in [2.45, 2.75) is 18.4 Å². The minimum absolute atomic E-state index is 0.0215. The van der Waals surface area contributed by atoms with Gasteiger partial charge in [0.15, 0.2) is 0 Å². The average molecular weight is 533 g/mol. The van der Waals surface area contributed by atoms with E-state index in [1.165, 1.54) is 43.5 Å². The monoisotopic (exact) mass is 532 g/mol. The fourth-order valence-corrected chi connectivity index (χ4v) is 4.89. The van der Waals surface area contributed by atoms with Crippen molar-refractivity contribution < 1.29 is 18.0 Å². The number of sulfonamides is 1. The van der Waals surface area contributed by atoms with E-state index >= 15 is 0 Å². The molecule has 2 N–H and O–H groups in total. The molecule has 182 valence electrons. The Labute approximate surface area is 213 Å². The summed E-state index contributed by atoms with van der Waals surface area (Å²) in [6.45, 7) is 0.849. The topological polar surface area (TPSA) is 108 Å². The predicted octanol–water partition coefficient (Wildman–Crippen LogP) is 4.29. The molecule has 3 aromatic rings. The Balaban J connectivity index is 1.79. The molecule has 0 spiro atoms. The minimum Gasteiger partial charge on any atom is -0.326 e. The summed E-state index contributed by atoms with van der Waals surface area (Å²) in [6.07, 6.45) is 1.34. The summed E-state index contributed by atoms with van der Waals surface area (Å²) < 4.78 is 27.8. The summed E-state index contributed by atoms with van der Waals surface area (Å²) in [5.41, 5.74) is 4.02. The van der Waals surface area contributed by atoms with Crippen LogP contribution in [0.3, 0.4) is 0 Å². The minimum atomic E-state index is -4.06. The fraction of sp³-hybridized carbons (Fsp3) is 0.125. The molecule has 0 aromatic heterocycles. The number of hydrazone groups is 1. The average Bonchev–Trinajstić information content (AvgIpc) is 2.81. The lowest BCUT2D eigenvalue weighted by atomic mass is 10.2. The number of nitrogens with zero attached hydrogens (tertiary/aromatic N) is 2. The number of benzene rings is 3. The number of anilines is 1. The van der Waals surface area contributed by atoms with Crippen LogP contribution in [0.1, 0.15) is 18.1 Å². The lowest BCUT2D eigenvalue weighted by Gasteiger charge is -2.21. The molecule has 0 atom stereocenters. The summed E-state index contributed by atoms with van der Waals surface area (Å²) in [4.78, 5) is 23.8. The second-order valence-corrected chi connectivity index (χ2v) is 10.2. The lowest BCUT2D eigenvalue weighted by molar-refractivity contribution is -0.121. The molecule has 0 aliphatic rings. The summed E-state index contributed by atoms with van der Waals surface area (Å²) in [5.74, 6) is -0.913. The highest BCUT2D eigenvalue weighted by Gasteiger charge is 2.27. The molecule has 0 saturated heterocycles. The van der Waals surface area contributed by atoms with E-state index in [0.717, 1.165) is 4.31 Å². The maximum absolute atomic E-state index is 13.4. The van der Waals surface area contributed by atoms with Crippen molar-refractivity contribution in [3.8, 4) is 0 Å². The number of amides is 2. The van der Waals surface area contributed by atoms with Crippen molar-refractivity contribution >= 4 is 56.9 Å². The van der Waals surface area contributed by atoms with Crippen LogP contribution in [-0.2, 0) is 26.2 Å². The maximum Gasteiger partial charge on any atom is 0.255 e. The molecule has 0 heterocycles. The second-order valence-electron chi connectivity index (χ2n) is 7.42. The SMILES string of the molecule is CC(=O)Nc1ccc(S(=O)(=O)N(CC(=O)N/N=C\c2ccc(Cl)cc2Cl)Cc2ccccc2)cc1. The molecule has 35 heavy (non-hydrogen) atoms. The molecule has 2 amide bonds. The summed E-state index contributed by atoms with van der Waals surface area (Å²) in [6, 6.07) is 19.4. The van der Waals surface area contributed by atoms with E-state index in [9.17, 15) is 18.0 Å². The zero-order chi connectivity index (χ0) is 25.4. The van der Waals surface area contributed by atoms with E-state index in [2.05, 4.69) is 15.8 Å². The van der Waals surface area contributed by atoms with Crippen molar-refractivity contribution in [1.29, 1.82) is 0 Å². The van der Waals surface area contributed by atoms with E-state index in [4.69, 9.17) is 23.2 Å². The second kappa shape index (κ2) is 11.9. The Kier molecular flexibility index (Phi) is 9.00. The van der Waals surface area contributed by atoms with Crippen molar-refractivity contribution in [1.82, 2.24) is 9.73 Å². The third-order valence-corrected chi connectivity index (χ3v) is 7.06. The van der Waals surface area contributed by atoms with Gasteiger partial charge in [0.1, 0.15) is 0 Å². The number of carbonyl (C=O) groups is 2. The van der Waals surface area contributed by atoms with E-state index in [1.807, 2.05) is 6.07 Å². The largest absolute Gasteiger partial charge is 0.326 e. The zero-order valence-corrected chi connectivity index (χ0v) is 20.9. The van der Waals surface area contributed by atoms with Crippen LogP contribution in [-0.4, -0.2) is 37.3 Å². The molecule has 0 fully saturated rings. The smallest absolute Gasteiger partial charge is 0.255 e. The molecule has 3 rings (SSSR count). The molecular formula is C24H22Cl2N4O4S. The van der Waals surface area contributed by atoms with Crippen LogP contribution in [0.15, 0.2) is 82.8 Å². The molecule has 0 saturated carbocycles. The normalized spacial score (nSPS) is 11.5. The standard InChI is InChI=1S/C24H22Cl2N4O4S/c1-17(31)28-21-9-11-22(12-10-21)35(33,34)30(15-18-5-3-2-4-6-18)16-24(32)29-27-14-19-7-8-20(25)13-23(19)26/h2-14H,15-16H2,1H3,(H,28,31)(H,29,32)/b27-14-. The first-order chi connectivity index (χ1) is 16.6. The van der Waals surface area contributed by atoms with Gasteiger partial charge in [-0.2, -0.15) is 9.41 Å². The molecule has 8 nitrogen and oxygen atoms in total. The quantitative estimate of drug-likeness (QED) is 0.316. The molecule has 3 aromatic carbocycles. The van der Waals surface area contributed by atoms with Crippen LogP contribution in [0, 0.1) is 0 Å². The summed E-state index contributed by atoms with van der Waals surface area (Å²) >= 11 is 12.0. The highest BCUT2D eigenvalue weighted by atomic mass is 35.5. The predicted molar refractivity (Wildman–Crippen MR) is 137 cm³/mol. The molecule has 0 bridgehead atoms. The lowest BCUT2D eigenvalue weighted by Crippen LogP contribution is -2.39. The molecule has 11 heteroatoms. The third-order valence-electron chi connectivity index (χ3n) is 4.69. The first-order valence-electron chi connectivity index (χ1n) is 10.3. The van der Waals surface area contributed by atoms with Crippen LogP contribution < -0.4 is 10.7 Å². The van der Waals surface area contributed by atoms with Crippen molar-refractivity contribution in [3.05, 3.63) is 94.0 Å². The summed E-state index contributed by atoms with van der Waals surface area (Å²) in [7, 11) is -4.06. The van der Waals surface area contributed by atoms with Crippen LogP contribution in [0.25, 0.3) is 0 Å². The van der Waals surface area contributed by atoms with E-state index in [0.29, 0.717) is 26.9 Å². The van der Waals surface area contributed by atoms with Gasteiger partial charge in [-0.3, -0.25) is 9.59 Å². The first-order valence-corrected chi connectivity index (χ1v) is 12.5. The number of nitrogens with one attached hydrogen (secondary N) is 2. The number of hydrogen-bond donors (Lipinski definition) is 2. The van der Waals surface area contributed by atoms with Crippen molar-refractivity contribution in [2.75, 3.05) is 11.9 Å². The fourth-order valence-electron chi connectivity index (χ4n) is 3.05. The molecule has 0 unspecified atom stereocenters. The van der Waals surface area contributed by atoms with Crippen molar-refractivity contribution in [2.24, 2.45) is 5.10 Å². The Bertz CT molecular complexity index is 1330. The van der Waals surface area contributed by atoms with Gasteiger partial charge < -0.3 is 5.32 Å². The first kappa shape index (κ1) is 26.4. The Morgan fingerprint density at radius 3 is 2.31 bits per heavy atom. The Morgan fingerprint density at radius 1 is 1.00 bits per heavy atom.